The van der Waals surface area contributed by atoms with Crippen LogP contribution in [0.4, 0.5) is 5.69 Å². The lowest BCUT2D eigenvalue weighted by atomic mass is 10.1. The van der Waals surface area contributed by atoms with E-state index in [9.17, 15) is 9.59 Å². The van der Waals surface area contributed by atoms with Gasteiger partial charge in [0.25, 0.3) is 5.91 Å². The maximum absolute atomic E-state index is 12.1. The van der Waals surface area contributed by atoms with E-state index in [1.807, 2.05) is 18.2 Å². The van der Waals surface area contributed by atoms with Gasteiger partial charge in [-0.2, -0.15) is 0 Å². The van der Waals surface area contributed by atoms with Crippen molar-refractivity contribution in [1.29, 1.82) is 0 Å². The fraction of sp³-hybridized carbons (Fsp3) is 0.200. The zero-order valence-electron chi connectivity index (χ0n) is 14.6. The summed E-state index contributed by atoms with van der Waals surface area (Å²) in [7, 11) is 0. The van der Waals surface area contributed by atoms with Crippen LogP contribution in [-0.2, 0) is 9.53 Å². The Kier molecular flexibility index (Phi) is 5.22. The van der Waals surface area contributed by atoms with Crippen molar-refractivity contribution in [2.75, 3.05) is 18.5 Å². The molecule has 0 radical (unpaired) electrons. The molecule has 6 heteroatoms. The van der Waals surface area contributed by atoms with Crippen LogP contribution in [0.2, 0.25) is 0 Å². The van der Waals surface area contributed by atoms with Crippen molar-refractivity contribution in [3.8, 4) is 5.75 Å². The van der Waals surface area contributed by atoms with Crippen LogP contribution in [0.1, 0.15) is 23.0 Å². The molecule has 0 aliphatic heterocycles. The predicted octanol–water partition coefficient (Wildman–Crippen LogP) is 3.94. The number of esters is 1. The molecule has 0 atom stereocenters. The molecule has 1 N–H and O–H groups in total. The minimum Gasteiger partial charge on any atom is -0.484 e. The van der Waals surface area contributed by atoms with Crippen LogP contribution in [0.3, 0.4) is 0 Å². The predicted molar refractivity (Wildman–Crippen MR) is 97.5 cm³/mol. The molecule has 134 valence electrons. The first-order valence-electron chi connectivity index (χ1n) is 8.26. The van der Waals surface area contributed by atoms with Crippen LogP contribution in [0.15, 0.2) is 52.9 Å². The quantitative estimate of drug-likeness (QED) is 0.679. The summed E-state index contributed by atoms with van der Waals surface area (Å²) in [4.78, 5) is 24.1. The van der Waals surface area contributed by atoms with Gasteiger partial charge in [-0.1, -0.05) is 18.2 Å². The fourth-order valence-electron chi connectivity index (χ4n) is 2.61. The van der Waals surface area contributed by atoms with E-state index in [1.165, 1.54) is 0 Å². The fourth-order valence-corrected chi connectivity index (χ4v) is 2.61. The molecule has 0 saturated carbocycles. The molecule has 1 aromatic heterocycles. The summed E-state index contributed by atoms with van der Waals surface area (Å²) in [6.45, 7) is 3.59. The third kappa shape index (κ3) is 3.85. The normalized spacial score (nSPS) is 10.5. The Morgan fingerprint density at radius 2 is 1.88 bits per heavy atom. The first-order valence-corrected chi connectivity index (χ1v) is 8.26. The van der Waals surface area contributed by atoms with Crippen molar-refractivity contribution in [2.45, 2.75) is 13.8 Å². The zero-order chi connectivity index (χ0) is 18.5. The van der Waals surface area contributed by atoms with Gasteiger partial charge in [0.15, 0.2) is 6.61 Å². The van der Waals surface area contributed by atoms with E-state index in [1.54, 1.807) is 44.2 Å². The number of nitrogens with one attached hydrogen (secondary N) is 1. The van der Waals surface area contributed by atoms with E-state index in [0.717, 1.165) is 0 Å². The molecule has 1 heterocycles. The van der Waals surface area contributed by atoms with E-state index in [0.29, 0.717) is 33.7 Å². The number of carbonyl (C=O) groups excluding carboxylic acids is 2. The van der Waals surface area contributed by atoms with Crippen LogP contribution in [-0.4, -0.2) is 25.1 Å². The maximum Gasteiger partial charge on any atom is 0.342 e. The molecule has 6 nitrogen and oxygen atoms in total. The van der Waals surface area contributed by atoms with E-state index >= 15 is 0 Å². The molecule has 3 rings (SSSR count). The second-order valence-electron chi connectivity index (χ2n) is 5.61. The molecule has 3 aromatic rings. The summed E-state index contributed by atoms with van der Waals surface area (Å²) >= 11 is 0. The number of para-hydroxylation sites is 1. The van der Waals surface area contributed by atoms with Gasteiger partial charge in [0.1, 0.15) is 22.7 Å². The molecule has 0 bridgehead atoms. The molecule has 26 heavy (non-hydrogen) atoms. The first-order chi connectivity index (χ1) is 12.6. The average Bonchev–Trinajstić information content (AvgIpc) is 2.96. The van der Waals surface area contributed by atoms with Crippen LogP contribution in [0, 0.1) is 6.92 Å². The van der Waals surface area contributed by atoms with Crippen molar-refractivity contribution in [1.82, 2.24) is 0 Å². The number of aryl methyl sites for hydroxylation is 1. The number of amides is 1. The number of hydrogen-bond donors (Lipinski definition) is 1. The largest absolute Gasteiger partial charge is 0.484 e. The molecule has 2 aromatic carbocycles. The van der Waals surface area contributed by atoms with Gasteiger partial charge in [-0.05, 0) is 44.2 Å². The second kappa shape index (κ2) is 7.74. The Morgan fingerprint density at radius 1 is 1.12 bits per heavy atom. The lowest BCUT2D eigenvalue weighted by molar-refractivity contribution is -0.118. The molecule has 0 aliphatic carbocycles. The summed E-state index contributed by atoms with van der Waals surface area (Å²) in [6, 6.07) is 14.2. The number of anilines is 1. The van der Waals surface area contributed by atoms with Crippen molar-refractivity contribution in [3.05, 3.63) is 59.9 Å². The maximum atomic E-state index is 12.1. The van der Waals surface area contributed by atoms with Crippen molar-refractivity contribution in [2.24, 2.45) is 0 Å². The average molecular weight is 353 g/mol. The molecule has 0 saturated heterocycles. The number of furan rings is 1. The van der Waals surface area contributed by atoms with Crippen LogP contribution < -0.4 is 10.1 Å². The van der Waals surface area contributed by atoms with Gasteiger partial charge in [-0.15, -0.1) is 0 Å². The van der Waals surface area contributed by atoms with Crippen molar-refractivity contribution >= 4 is 28.5 Å². The van der Waals surface area contributed by atoms with Gasteiger partial charge in [0.05, 0.1) is 6.61 Å². The zero-order valence-corrected chi connectivity index (χ0v) is 14.6. The molecule has 1 amide bonds. The Labute approximate surface area is 150 Å². The molecule has 0 unspecified atom stereocenters. The van der Waals surface area contributed by atoms with Crippen molar-refractivity contribution < 1.29 is 23.5 Å². The van der Waals surface area contributed by atoms with Gasteiger partial charge in [0.2, 0.25) is 0 Å². The Morgan fingerprint density at radius 3 is 2.62 bits per heavy atom. The minimum absolute atomic E-state index is 0.147. The number of carbonyl (C=O) groups is 2. The Hall–Kier alpha value is -3.28. The number of benzene rings is 2. The highest BCUT2D eigenvalue weighted by molar-refractivity contribution is 6.04. The summed E-state index contributed by atoms with van der Waals surface area (Å²) < 4.78 is 16.2. The number of rotatable bonds is 6. The number of fused-ring (bicyclic) bond motifs is 1. The van der Waals surface area contributed by atoms with Gasteiger partial charge in [-0.3, -0.25) is 4.79 Å². The summed E-state index contributed by atoms with van der Waals surface area (Å²) in [5.41, 5.74) is 1.64. The van der Waals surface area contributed by atoms with Crippen LogP contribution >= 0.6 is 0 Å². The highest BCUT2D eigenvalue weighted by Crippen LogP contribution is 2.29. The third-order valence-electron chi connectivity index (χ3n) is 3.74. The Balaban J connectivity index is 1.73. The van der Waals surface area contributed by atoms with Gasteiger partial charge >= 0.3 is 5.97 Å². The molecular formula is C20H19NO5. The van der Waals surface area contributed by atoms with Crippen LogP contribution in [0.5, 0.6) is 5.75 Å². The Bertz CT molecular complexity index is 930. The SMILES string of the molecule is CCOC(=O)c1c(C)oc2ccc(OCC(=O)Nc3ccccc3)cc12. The first kappa shape index (κ1) is 17.5. The van der Waals surface area contributed by atoms with Gasteiger partial charge < -0.3 is 19.2 Å². The number of ether oxygens (including phenoxy) is 2. The molecule has 0 aliphatic rings. The standard InChI is InChI=1S/C20H19NO5/c1-3-24-20(23)19-13(2)26-17-10-9-15(11-16(17)19)25-12-18(22)21-14-7-5-4-6-8-14/h4-11H,3,12H2,1-2H3,(H,21,22). The summed E-state index contributed by atoms with van der Waals surface area (Å²) in [5, 5.41) is 3.34. The highest BCUT2D eigenvalue weighted by Gasteiger charge is 2.20. The third-order valence-corrected chi connectivity index (χ3v) is 3.74. The monoisotopic (exact) mass is 353 g/mol. The molecular weight excluding hydrogens is 334 g/mol. The lowest BCUT2D eigenvalue weighted by Crippen LogP contribution is -2.20. The van der Waals surface area contributed by atoms with E-state index < -0.39 is 5.97 Å². The number of hydrogen-bond acceptors (Lipinski definition) is 5. The summed E-state index contributed by atoms with van der Waals surface area (Å²) in [5.74, 6) is 0.234. The second-order valence-corrected chi connectivity index (χ2v) is 5.61. The summed E-state index contributed by atoms with van der Waals surface area (Å²) in [6.07, 6.45) is 0. The van der Waals surface area contributed by atoms with Gasteiger partial charge in [0, 0.05) is 11.1 Å². The van der Waals surface area contributed by atoms with Crippen LogP contribution in [0.25, 0.3) is 11.0 Å². The highest BCUT2D eigenvalue weighted by atomic mass is 16.5. The minimum atomic E-state index is -0.442. The van der Waals surface area contributed by atoms with Crippen molar-refractivity contribution in [3.63, 3.8) is 0 Å². The molecule has 0 fully saturated rings. The van der Waals surface area contributed by atoms with E-state index in [-0.39, 0.29) is 19.1 Å². The topological polar surface area (TPSA) is 77.8 Å². The molecule has 0 spiro atoms. The lowest BCUT2D eigenvalue weighted by Gasteiger charge is -2.07. The van der Waals surface area contributed by atoms with E-state index in [2.05, 4.69) is 5.32 Å². The smallest absolute Gasteiger partial charge is 0.342 e. The van der Waals surface area contributed by atoms with Gasteiger partial charge in [-0.25, -0.2) is 4.79 Å². The van der Waals surface area contributed by atoms with E-state index in [4.69, 9.17) is 13.9 Å².